The Balaban J connectivity index is 2.09. The lowest BCUT2D eigenvalue weighted by Gasteiger charge is -2.05. The van der Waals surface area contributed by atoms with Crippen molar-refractivity contribution in [3.63, 3.8) is 0 Å². The summed E-state index contributed by atoms with van der Waals surface area (Å²) < 4.78 is 37.1. The summed E-state index contributed by atoms with van der Waals surface area (Å²) in [5.74, 6) is 10.8. The Hall–Kier alpha value is -2.65. The van der Waals surface area contributed by atoms with E-state index in [2.05, 4.69) is 23.7 Å². The molecular weight excluding hydrogens is 261 g/mol. The number of hydrogen-bond donors (Lipinski definition) is 0. The Bertz CT molecular complexity index is 688. The molecule has 0 bridgehead atoms. The van der Waals surface area contributed by atoms with Crippen LogP contribution in [0, 0.1) is 23.7 Å². The molecular formula is C17H9F3. The fourth-order valence-corrected chi connectivity index (χ4v) is 1.47. The summed E-state index contributed by atoms with van der Waals surface area (Å²) in [5.41, 5.74) is 0.660. The first-order valence-corrected chi connectivity index (χ1v) is 5.80. The van der Waals surface area contributed by atoms with Crippen LogP contribution < -0.4 is 0 Å². The normalized spacial score (nSPS) is 9.95. The highest BCUT2D eigenvalue weighted by Crippen LogP contribution is 2.28. The van der Waals surface area contributed by atoms with Crippen molar-refractivity contribution in [1.82, 2.24) is 0 Å². The van der Waals surface area contributed by atoms with Crippen molar-refractivity contribution in [2.45, 2.75) is 6.18 Å². The molecule has 0 radical (unpaired) electrons. The third-order valence-corrected chi connectivity index (χ3v) is 2.46. The van der Waals surface area contributed by atoms with Gasteiger partial charge in [-0.15, -0.1) is 0 Å². The van der Waals surface area contributed by atoms with Crippen LogP contribution in [0.15, 0.2) is 54.6 Å². The van der Waals surface area contributed by atoms with Crippen LogP contribution in [0.5, 0.6) is 0 Å². The lowest BCUT2D eigenvalue weighted by Crippen LogP contribution is -2.03. The highest BCUT2D eigenvalue weighted by atomic mass is 19.4. The van der Waals surface area contributed by atoms with E-state index in [1.807, 2.05) is 30.3 Å². The average molecular weight is 270 g/mol. The van der Waals surface area contributed by atoms with E-state index in [9.17, 15) is 13.2 Å². The largest absolute Gasteiger partial charge is 0.416 e. The van der Waals surface area contributed by atoms with E-state index >= 15 is 0 Å². The Labute approximate surface area is 115 Å². The zero-order valence-corrected chi connectivity index (χ0v) is 10.3. The monoisotopic (exact) mass is 270 g/mol. The molecule has 2 rings (SSSR count). The maximum atomic E-state index is 12.4. The van der Waals surface area contributed by atoms with E-state index in [4.69, 9.17) is 0 Å². The first kappa shape index (κ1) is 13.8. The van der Waals surface area contributed by atoms with Gasteiger partial charge in [0.1, 0.15) is 0 Å². The first-order chi connectivity index (χ1) is 9.55. The topological polar surface area (TPSA) is 0 Å². The van der Waals surface area contributed by atoms with Crippen molar-refractivity contribution >= 4 is 0 Å². The summed E-state index contributed by atoms with van der Waals surface area (Å²) in [4.78, 5) is 0. The number of halogens is 3. The van der Waals surface area contributed by atoms with Crippen molar-refractivity contribution in [2.75, 3.05) is 0 Å². The molecule has 0 aliphatic rings. The van der Waals surface area contributed by atoms with Crippen molar-refractivity contribution in [1.29, 1.82) is 0 Å². The molecule has 0 spiro atoms. The minimum atomic E-state index is -4.32. The second kappa shape index (κ2) is 5.99. The zero-order chi connectivity index (χ0) is 14.4. The molecule has 0 aromatic heterocycles. The molecule has 0 atom stereocenters. The molecule has 0 aliphatic heterocycles. The summed E-state index contributed by atoms with van der Waals surface area (Å²) in [6.07, 6.45) is -4.32. The van der Waals surface area contributed by atoms with Crippen molar-refractivity contribution in [3.05, 3.63) is 71.3 Å². The second-order valence-corrected chi connectivity index (χ2v) is 3.94. The van der Waals surface area contributed by atoms with E-state index in [-0.39, 0.29) is 0 Å². The number of benzene rings is 2. The van der Waals surface area contributed by atoms with Crippen molar-refractivity contribution in [2.24, 2.45) is 0 Å². The molecule has 0 saturated carbocycles. The molecule has 3 heteroatoms. The summed E-state index contributed by atoms with van der Waals surface area (Å²) in [5, 5.41) is 0. The van der Waals surface area contributed by atoms with Crippen LogP contribution in [-0.4, -0.2) is 0 Å². The Morgan fingerprint density at radius 2 is 1.15 bits per heavy atom. The average Bonchev–Trinajstić information content (AvgIpc) is 2.44. The number of hydrogen-bond acceptors (Lipinski definition) is 0. The highest BCUT2D eigenvalue weighted by molar-refractivity contribution is 5.44. The smallest absolute Gasteiger partial charge is 0.166 e. The fraction of sp³-hybridized carbons (Fsp3) is 0.0588. The van der Waals surface area contributed by atoms with Gasteiger partial charge in [0, 0.05) is 11.1 Å². The number of rotatable bonds is 0. The van der Waals surface area contributed by atoms with E-state index in [0.717, 1.165) is 17.7 Å². The molecule has 2 aromatic rings. The Morgan fingerprint density at radius 1 is 0.650 bits per heavy atom. The predicted octanol–water partition coefficient (Wildman–Crippen LogP) is 4.11. The predicted molar refractivity (Wildman–Crippen MR) is 71.6 cm³/mol. The van der Waals surface area contributed by atoms with Crippen LogP contribution in [0.3, 0.4) is 0 Å². The molecule has 0 amide bonds. The van der Waals surface area contributed by atoms with Crippen LogP contribution in [0.2, 0.25) is 0 Å². The van der Waals surface area contributed by atoms with Crippen LogP contribution in [0.4, 0.5) is 13.2 Å². The molecule has 2 aromatic carbocycles. The van der Waals surface area contributed by atoms with Gasteiger partial charge in [-0.3, -0.25) is 0 Å². The molecule has 0 saturated heterocycles. The standard InChI is InChI=1S/C17H9F3/c18-17(19,20)16-12-10-15(11-13-16)9-5-4-8-14-6-2-1-3-7-14/h1-3,6-7,10-13H. The van der Waals surface area contributed by atoms with Crippen LogP contribution >= 0.6 is 0 Å². The van der Waals surface area contributed by atoms with E-state index < -0.39 is 11.7 Å². The van der Waals surface area contributed by atoms with Gasteiger partial charge < -0.3 is 0 Å². The minimum Gasteiger partial charge on any atom is -0.166 e. The quantitative estimate of drug-likeness (QED) is 0.632. The van der Waals surface area contributed by atoms with E-state index in [1.165, 1.54) is 12.1 Å². The maximum absolute atomic E-state index is 12.4. The Morgan fingerprint density at radius 3 is 1.65 bits per heavy atom. The van der Waals surface area contributed by atoms with Crippen LogP contribution in [0.25, 0.3) is 0 Å². The van der Waals surface area contributed by atoms with Gasteiger partial charge in [-0.05, 0) is 48.2 Å². The first-order valence-electron chi connectivity index (χ1n) is 5.80. The SMILES string of the molecule is FC(F)(F)c1ccc(C#CC#Cc2ccccc2)cc1. The summed E-state index contributed by atoms with van der Waals surface area (Å²) in [7, 11) is 0. The van der Waals surface area contributed by atoms with Gasteiger partial charge in [0.15, 0.2) is 0 Å². The van der Waals surface area contributed by atoms with Crippen LogP contribution in [-0.2, 0) is 6.18 Å². The summed E-state index contributed by atoms with van der Waals surface area (Å²) in [6, 6.07) is 14.0. The lowest BCUT2D eigenvalue weighted by atomic mass is 10.1. The van der Waals surface area contributed by atoms with Gasteiger partial charge in [0.2, 0.25) is 0 Å². The maximum Gasteiger partial charge on any atom is 0.416 e. The molecule has 0 aliphatic carbocycles. The van der Waals surface area contributed by atoms with Crippen molar-refractivity contribution < 1.29 is 13.2 Å². The van der Waals surface area contributed by atoms with Gasteiger partial charge in [-0.25, -0.2) is 0 Å². The molecule has 98 valence electrons. The lowest BCUT2D eigenvalue weighted by molar-refractivity contribution is -0.137. The highest BCUT2D eigenvalue weighted by Gasteiger charge is 2.29. The molecule has 0 fully saturated rings. The summed E-state index contributed by atoms with van der Waals surface area (Å²) >= 11 is 0. The van der Waals surface area contributed by atoms with Gasteiger partial charge in [-0.1, -0.05) is 30.0 Å². The van der Waals surface area contributed by atoms with Gasteiger partial charge >= 0.3 is 6.18 Å². The van der Waals surface area contributed by atoms with Gasteiger partial charge in [0.05, 0.1) is 5.56 Å². The molecule has 0 unspecified atom stereocenters. The Kier molecular flexibility index (Phi) is 4.13. The van der Waals surface area contributed by atoms with Crippen molar-refractivity contribution in [3.8, 4) is 23.7 Å². The van der Waals surface area contributed by atoms with E-state index in [0.29, 0.717) is 5.56 Å². The van der Waals surface area contributed by atoms with E-state index in [1.54, 1.807) is 0 Å². The molecule has 0 N–H and O–H groups in total. The third kappa shape index (κ3) is 3.93. The zero-order valence-electron chi connectivity index (χ0n) is 10.3. The fourth-order valence-electron chi connectivity index (χ4n) is 1.47. The molecule has 0 nitrogen and oxygen atoms in total. The van der Waals surface area contributed by atoms with Gasteiger partial charge in [-0.2, -0.15) is 13.2 Å². The minimum absolute atomic E-state index is 0.500. The number of alkyl halides is 3. The third-order valence-electron chi connectivity index (χ3n) is 2.46. The molecule has 0 heterocycles. The van der Waals surface area contributed by atoms with Gasteiger partial charge in [0.25, 0.3) is 0 Å². The second-order valence-electron chi connectivity index (χ2n) is 3.94. The van der Waals surface area contributed by atoms with Crippen LogP contribution in [0.1, 0.15) is 16.7 Å². The summed E-state index contributed by atoms with van der Waals surface area (Å²) in [6.45, 7) is 0. The molecule has 20 heavy (non-hydrogen) atoms.